The number of H-pyrrole nitrogens is 1. The average molecular weight is 393 g/mol. The van der Waals surface area contributed by atoms with Crippen LogP contribution < -0.4 is 5.56 Å². The molecule has 1 aromatic carbocycles. The van der Waals surface area contributed by atoms with Gasteiger partial charge < -0.3 is 4.98 Å². The lowest BCUT2D eigenvalue weighted by Gasteiger charge is -2.25. The second-order valence-electron chi connectivity index (χ2n) is 6.69. The van der Waals surface area contributed by atoms with Crippen molar-refractivity contribution in [3.8, 4) is 11.4 Å². The maximum absolute atomic E-state index is 14.5. The smallest absolute Gasteiger partial charge is 0.311 e. The van der Waals surface area contributed by atoms with Gasteiger partial charge in [0.25, 0.3) is 5.56 Å². The van der Waals surface area contributed by atoms with E-state index in [1.54, 1.807) is 6.92 Å². The number of hydrogen-bond acceptors (Lipinski definition) is 4. The molecule has 0 amide bonds. The molecule has 1 aliphatic heterocycles. The minimum absolute atomic E-state index is 0.125. The molecule has 28 heavy (non-hydrogen) atoms. The molecule has 1 N–H and O–H groups in total. The first kappa shape index (κ1) is 18.3. The zero-order valence-electron chi connectivity index (χ0n) is 14.7. The van der Waals surface area contributed by atoms with E-state index in [-0.39, 0.29) is 11.1 Å². The number of halogens is 4. The number of alkyl halides is 3. The zero-order valence-corrected chi connectivity index (χ0v) is 14.7. The molecule has 0 saturated heterocycles. The van der Waals surface area contributed by atoms with E-state index in [4.69, 9.17) is 0 Å². The summed E-state index contributed by atoms with van der Waals surface area (Å²) in [7, 11) is 0. The van der Waals surface area contributed by atoms with Crippen molar-refractivity contribution < 1.29 is 17.6 Å². The van der Waals surface area contributed by atoms with Gasteiger partial charge in [0.15, 0.2) is 0 Å². The Morgan fingerprint density at radius 2 is 2.04 bits per heavy atom. The molecular weight excluding hydrogens is 378 g/mol. The van der Waals surface area contributed by atoms with Gasteiger partial charge in [-0.1, -0.05) is 11.3 Å². The molecule has 0 fully saturated rings. The molecule has 1 aliphatic rings. The normalized spacial score (nSPS) is 16.8. The highest BCUT2D eigenvalue weighted by Gasteiger charge is 2.33. The average Bonchev–Trinajstić information content (AvgIpc) is 3.04. The van der Waals surface area contributed by atoms with Crippen LogP contribution in [0.4, 0.5) is 17.6 Å². The number of aryl methyl sites for hydroxylation is 1. The van der Waals surface area contributed by atoms with Crippen LogP contribution in [0.2, 0.25) is 0 Å². The van der Waals surface area contributed by atoms with E-state index in [0.29, 0.717) is 48.2 Å². The van der Waals surface area contributed by atoms with E-state index in [9.17, 15) is 22.4 Å². The summed E-state index contributed by atoms with van der Waals surface area (Å²) >= 11 is 0. The summed E-state index contributed by atoms with van der Waals surface area (Å²) in [5.41, 5.74) is 0.216. The van der Waals surface area contributed by atoms with E-state index in [0.717, 1.165) is 12.1 Å². The van der Waals surface area contributed by atoms with Crippen LogP contribution in [0, 0.1) is 12.7 Å². The van der Waals surface area contributed by atoms with Crippen molar-refractivity contribution in [2.75, 3.05) is 0 Å². The van der Waals surface area contributed by atoms with E-state index >= 15 is 0 Å². The number of nitrogens with zero attached hydrogens (tertiary/aromatic N) is 4. The SMILES string of the molecule is Cc1nc(-c2nnn3c2CCCC3c2ccc(C(F)(F)F)cc2F)cc(=O)[nH]1. The maximum atomic E-state index is 14.5. The van der Waals surface area contributed by atoms with Crippen LogP contribution in [-0.2, 0) is 12.6 Å². The molecule has 2 aromatic heterocycles. The van der Waals surface area contributed by atoms with Crippen LogP contribution in [0.25, 0.3) is 11.4 Å². The van der Waals surface area contributed by atoms with Crippen molar-refractivity contribution in [3.05, 3.63) is 63.1 Å². The largest absolute Gasteiger partial charge is 0.416 e. The first-order valence-corrected chi connectivity index (χ1v) is 8.63. The fourth-order valence-electron chi connectivity index (χ4n) is 3.54. The molecule has 3 heterocycles. The van der Waals surface area contributed by atoms with Gasteiger partial charge in [0, 0.05) is 11.6 Å². The van der Waals surface area contributed by atoms with Gasteiger partial charge in [-0.15, -0.1) is 5.10 Å². The number of fused-ring (bicyclic) bond motifs is 1. The van der Waals surface area contributed by atoms with Crippen LogP contribution in [-0.4, -0.2) is 25.0 Å². The Labute approximate surface area is 156 Å². The van der Waals surface area contributed by atoms with E-state index in [1.165, 1.54) is 10.7 Å². The van der Waals surface area contributed by atoms with Gasteiger partial charge in [0.1, 0.15) is 23.0 Å². The van der Waals surface area contributed by atoms with Crippen LogP contribution >= 0.6 is 0 Å². The van der Waals surface area contributed by atoms with Gasteiger partial charge in [-0.2, -0.15) is 13.2 Å². The van der Waals surface area contributed by atoms with Gasteiger partial charge in [0.2, 0.25) is 0 Å². The second kappa shape index (κ2) is 6.54. The summed E-state index contributed by atoms with van der Waals surface area (Å²) in [6.45, 7) is 1.64. The number of aromatic nitrogens is 5. The minimum atomic E-state index is -4.61. The highest BCUT2D eigenvalue weighted by molar-refractivity contribution is 5.56. The van der Waals surface area contributed by atoms with Gasteiger partial charge in [-0.25, -0.2) is 14.1 Å². The molecular formula is C18H15F4N5O. The minimum Gasteiger partial charge on any atom is -0.311 e. The highest BCUT2D eigenvalue weighted by Crippen LogP contribution is 2.36. The lowest BCUT2D eigenvalue weighted by Crippen LogP contribution is -2.21. The lowest BCUT2D eigenvalue weighted by molar-refractivity contribution is -0.137. The Morgan fingerprint density at radius 3 is 2.71 bits per heavy atom. The van der Waals surface area contributed by atoms with Gasteiger partial charge >= 0.3 is 6.18 Å². The molecule has 0 bridgehead atoms. The summed E-state index contributed by atoms with van der Waals surface area (Å²) in [6.07, 6.45) is -2.83. The van der Waals surface area contributed by atoms with Crippen molar-refractivity contribution in [2.24, 2.45) is 0 Å². The monoisotopic (exact) mass is 393 g/mol. The van der Waals surface area contributed by atoms with Crippen molar-refractivity contribution in [3.63, 3.8) is 0 Å². The van der Waals surface area contributed by atoms with Crippen LogP contribution in [0.15, 0.2) is 29.1 Å². The molecule has 1 atom stereocenters. The molecule has 0 spiro atoms. The van der Waals surface area contributed by atoms with Crippen molar-refractivity contribution in [1.82, 2.24) is 25.0 Å². The van der Waals surface area contributed by atoms with Crippen LogP contribution in [0.1, 0.15) is 41.5 Å². The Hall–Kier alpha value is -3.04. The first-order chi connectivity index (χ1) is 13.2. The Balaban J connectivity index is 1.77. The standard InChI is InChI=1S/C18H15F4N5O/c1-9-23-13(8-16(28)24-9)17-15-4-2-3-14(27(15)26-25-17)11-6-5-10(7-12(11)19)18(20,21)22/h5-8,14H,2-4H2,1H3,(H,23,24,28). The third-order valence-electron chi connectivity index (χ3n) is 4.77. The summed E-state index contributed by atoms with van der Waals surface area (Å²) in [5, 5.41) is 8.20. The van der Waals surface area contributed by atoms with Crippen molar-refractivity contribution in [2.45, 2.75) is 38.4 Å². The van der Waals surface area contributed by atoms with Crippen LogP contribution in [0.3, 0.4) is 0 Å². The summed E-state index contributed by atoms with van der Waals surface area (Å²) in [5.74, 6) is -0.514. The topological polar surface area (TPSA) is 76.5 Å². The molecule has 4 rings (SSSR count). The quantitative estimate of drug-likeness (QED) is 0.677. The molecule has 6 nitrogen and oxygen atoms in total. The lowest BCUT2D eigenvalue weighted by atomic mass is 9.94. The van der Waals surface area contributed by atoms with Gasteiger partial charge in [-0.3, -0.25) is 4.79 Å². The molecule has 3 aromatic rings. The summed E-state index contributed by atoms with van der Waals surface area (Å²) < 4.78 is 54.4. The number of rotatable bonds is 2. The Kier molecular flexibility index (Phi) is 4.28. The van der Waals surface area contributed by atoms with Crippen molar-refractivity contribution in [1.29, 1.82) is 0 Å². The third kappa shape index (κ3) is 3.19. The molecule has 0 saturated carbocycles. The summed E-state index contributed by atoms with van der Waals surface area (Å²) in [6, 6.07) is 3.25. The second-order valence-corrected chi connectivity index (χ2v) is 6.69. The van der Waals surface area contributed by atoms with E-state index < -0.39 is 23.6 Å². The molecule has 146 valence electrons. The fraction of sp³-hybridized carbons (Fsp3) is 0.333. The van der Waals surface area contributed by atoms with E-state index in [2.05, 4.69) is 20.3 Å². The molecule has 1 unspecified atom stereocenters. The number of aromatic amines is 1. The zero-order chi connectivity index (χ0) is 20.1. The number of hydrogen-bond donors (Lipinski definition) is 1. The molecule has 10 heteroatoms. The first-order valence-electron chi connectivity index (χ1n) is 8.63. The summed E-state index contributed by atoms with van der Waals surface area (Å²) in [4.78, 5) is 18.5. The van der Waals surface area contributed by atoms with E-state index in [1.807, 2.05) is 0 Å². The predicted octanol–water partition coefficient (Wildman–Crippen LogP) is 3.42. The van der Waals surface area contributed by atoms with Crippen LogP contribution in [0.5, 0.6) is 0 Å². The highest BCUT2D eigenvalue weighted by atomic mass is 19.4. The maximum Gasteiger partial charge on any atom is 0.416 e. The van der Waals surface area contributed by atoms with Crippen molar-refractivity contribution >= 4 is 0 Å². The Morgan fingerprint density at radius 1 is 1.25 bits per heavy atom. The molecule has 0 radical (unpaired) electrons. The third-order valence-corrected chi connectivity index (χ3v) is 4.77. The predicted molar refractivity (Wildman–Crippen MR) is 91.1 cm³/mol. The Bertz CT molecular complexity index is 1100. The number of benzene rings is 1. The van der Waals surface area contributed by atoms with Gasteiger partial charge in [-0.05, 0) is 38.3 Å². The fourth-order valence-corrected chi connectivity index (χ4v) is 3.54. The van der Waals surface area contributed by atoms with Gasteiger partial charge in [0.05, 0.1) is 17.3 Å². The number of nitrogens with one attached hydrogen (secondary N) is 1. The molecule has 0 aliphatic carbocycles.